The van der Waals surface area contributed by atoms with Gasteiger partial charge in [0, 0.05) is 41.1 Å². The van der Waals surface area contributed by atoms with E-state index in [1.54, 1.807) is 23.1 Å². The normalized spacial score (nSPS) is 14.4. The van der Waals surface area contributed by atoms with Crippen molar-refractivity contribution < 1.29 is 9.53 Å². The zero-order valence-corrected chi connectivity index (χ0v) is 21.3. The Kier molecular flexibility index (Phi) is 9.18. The highest BCUT2D eigenvalue weighted by Gasteiger charge is 2.22. The van der Waals surface area contributed by atoms with Crippen LogP contribution in [0.2, 0.25) is 0 Å². The number of benzene rings is 2. The summed E-state index contributed by atoms with van der Waals surface area (Å²) in [7, 11) is 0. The first-order valence-corrected chi connectivity index (χ1v) is 12.8. The van der Waals surface area contributed by atoms with Crippen molar-refractivity contribution in [1.82, 2.24) is 9.88 Å². The molecule has 166 valence electrons. The molecule has 0 bridgehead atoms. The molecule has 0 saturated carbocycles. The minimum atomic E-state index is 0. The highest BCUT2D eigenvalue weighted by atomic mass is 79.9. The van der Waals surface area contributed by atoms with E-state index in [2.05, 4.69) is 26.9 Å². The average Bonchev–Trinajstić information content (AvgIpc) is 3.20. The van der Waals surface area contributed by atoms with Crippen LogP contribution in [0.1, 0.15) is 16.8 Å². The summed E-state index contributed by atoms with van der Waals surface area (Å²) in [6.45, 7) is 5.09. The first kappa shape index (κ1) is 24.5. The zero-order chi connectivity index (χ0) is 20.9. The van der Waals surface area contributed by atoms with Crippen LogP contribution in [-0.2, 0) is 4.74 Å². The van der Waals surface area contributed by atoms with Crippen LogP contribution in [0.25, 0.3) is 10.2 Å². The summed E-state index contributed by atoms with van der Waals surface area (Å²) >= 11 is 6.76. The van der Waals surface area contributed by atoms with E-state index >= 15 is 0 Å². The van der Waals surface area contributed by atoms with Crippen molar-refractivity contribution in [3.8, 4) is 0 Å². The number of aromatic nitrogens is 1. The van der Waals surface area contributed by atoms with Crippen LogP contribution in [0.3, 0.4) is 0 Å². The largest absolute Gasteiger partial charge is 0.379 e. The number of thiazole rings is 1. The summed E-state index contributed by atoms with van der Waals surface area (Å²) in [5.41, 5.74) is 1.61. The lowest BCUT2D eigenvalue weighted by Crippen LogP contribution is -2.39. The number of hydrogen-bond donors (Lipinski definition) is 0. The summed E-state index contributed by atoms with van der Waals surface area (Å²) in [5.74, 6) is 0.00255. The molecule has 2 heterocycles. The first-order chi connectivity index (χ1) is 14.6. The van der Waals surface area contributed by atoms with Gasteiger partial charge in [0.25, 0.3) is 5.91 Å². The fraction of sp³-hybridized carbons (Fsp3) is 0.364. The Morgan fingerprint density at radius 2 is 1.97 bits per heavy atom. The van der Waals surface area contributed by atoms with E-state index in [0.29, 0.717) is 12.1 Å². The number of carbonyl (C=O) groups is 1. The number of rotatable bonds is 7. The molecule has 1 aromatic heterocycles. The Morgan fingerprint density at radius 1 is 1.23 bits per heavy atom. The molecule has 31 heavy (non-hydrogen) atoms. The lowest BCUT2D eigenvalue weighted by Gasteiger charge is -2.27. The van der Waals surface area contributed by atoms with Crippen LogP contribution >= 0.6 is 51.4 Å². The number of carbonyl (C=O) groups excluding carboxylic acids is 1. The fourth-order valence-corrected chi connectivity index (χ4v) is 5.40. The number of hydrogen-bond acceptors (Lipinski definition) is 6. The fourth-order valence-electron chi connectivity index (χ4n) is 3.45. The zero-order valence-electron chi connectivity index (χ0n) is 17.3. The van der Waals surface area contributed by atoms with Crippen molar-refractivity contribution in [2.24, 2.45) is 0 Å². The smallest absolute Gasteiger partial charge is 0.260 e. The Labute approximate surface area is 205 Å². The van der Waals surface area contributed by atoms with Crippen molar-refractivity contribution >= 4 is 72.7 Å². The van der Waals surface area contributed by atoms with Gasteiger partial charge in [-0.05, 0) is 55.1 Å². The molecule has 1 amide bonds. The monoisotopic (exact) mass is 541 g/mol. The maximum Gasteiger partial charge on any atom is 0.260 e. The van der Waals surface area contributed by atoms with Gasteiger partial charge in [-0.25, -0.2) is 4.98 Å². The summed E-state index contributed by atoms with van der Waals surface area (Å²) in [6.07, 6.45) is 2.93. The molecule has 2 aromatic carbocycles. The van der Waals surface area contributed by atoms with Gasteiger partial charge < -0.3 is 4.74 Å². The third-order valence-corrected chi connectivity index (χ3v) is 7.39. The number of nitrogens with zero attached hydrogens (tertiary/aromatic N) is 3. The molecule has 3 aromatic rings. The molecule has 0 spiro atoms. The maximum absolute atomic E-state index is 13.4. The molecule has 5 nitrogen and oxygen atoms in total. The van der Waals surface area contributed by atoms with Gasteiger partial charge in [-0.3, -0.25) is 14.6 Å². The van der Waals surface area contributed by atoms with E-state index in [1.807, 2.05) is 47.6 Å². The first-order valence-electron chi connectivity index (χ1n) is 9.96. The van der Waals surface area contributed by atoms with Crippen LogP contribution in [-0.4, -0.2) is 61.4 Å². The molecule has 0 aliphatic carbocycles. The molecule has 4 rings (SSSR count). The molecule has 1 saturated heterocycles. The van der Waals surface area contributed by atoms with Crippen molar-refractivity contribution in [3.63, 3.8) is 0 Å². The van der Waals surface area contributed by atoms with Gasteiger partial charge in [0.05, 0.1) is 23.4 Å². The summed E-state index contributed by atoms with van der Waals surface area (Å²) in [5, 5.41) is 0.754. The van der Waals surface area contributed by atoms with Gasteiger partial charge in [-0.2, -0.15) is 0 Å². The van der Waals surface area contributed by atoms with Crippen LogP contribution in [0.4, 0.5) is 5.13 Å². The molecular formula is C22H25BrClN3O2S2. The van der Waals surface area contributed by atoms with Crippen LogP contribution in [0.5, 0.6) is 0 Å². The predicted octanol–water partition coefficient (Wildman–Crippen LogP) is 5.57. The second-order valence-electron chi connectivity index (χ2n) is 7.10. The number of morpholine rings is 1. The number of amides is 1. The van der Waals surface area contributed by atoms with Crippen molar-refractivity contribution in [2.75, 3.05) is 50.5 Å². The van der Waals surface area contributed by atoms with Crippen molar-refractivity contribution in [2.45, 2.75) is 11.3 Å². The summed E-state index contributed by atoms with van der Waals surface area (Å²) in [4.78, 5) is 23.6. The van der Waals surface area contributed by atoms with E-state index in [9.17, 15) is 4.79 Å². The van der Waals surface area contributed by atoms with Gasteiger partial charge in [0.15, 0.2) is 5.13 Å². The molecule has 0 N–H and O–H groups in total. The molecule has 1 fully saturated rings. The summed E-state index contributed by atoms with van der Waals surface area (Å²) < 4.78 is 7.52. The number of ether oxygens (including phenoxy) is 1. The topological polar surface area (TPSA) is 45.7 Å². The molecule has 1 aliphatic heterocycles. The van der Waals surface area contributed by atoms with Crippen molar-refractivity contribution in [3.05, 3.63) is 52.5 Å². The third-order valence-electron chi connectivity index (χ3n) is 5.11. The third kappa shape index (κ3) is 6.21. The molecule has 0 unspecified atom stereocenters. The number of thioether (sulfide) groups is 1. The van der Waals surface area contributed by atoms with Gasteiger partial charge >= 0.3 is 0 Å². The van der Waals surface area contributed by atoms with Gasteiger partial charge in [0.1, 0.15) is 0 Å². The van der Waals surface area contributed by atoms with Crippen LogP contribution in [0, 0.1) is 0 Å². The highest BCUT2D eigenvalue weighted by molar-refractivity contribution is 9.10. The van der Waals surface area contributed by atoms with E-state index in [-0.39, 0.29) is 18.3 Å². The molecular weight excluding hydrogens is 518 g/mol. The summed E-state index contributed by atoms with van der Waals surface area (Å²) in [6, 6.07) is 13.8. The number of anilines is 1. The molecule has 0 atom stereocenters. The minimum Gasteiger partial charge on any atom is -0.379 e. The lowest BCUT2D eigenvalue weighted by molar-refractivity contribution is 0.0376. The number of halogens is 2. The quantitative estimate of drug-likeness (QED) is 0.365. The van der Waals surface area contributed by atoms with Crippen LogP contribution < -0.4 is 4.90 Å². The Balaban J connectivity index is 0.00000272. The van der Waals surface area contributed by atoms with Gasteiger partial charge in [0.2, 0.25) is 0 Å². The SMILES string of the molecule is CSc1ccc(C(=O)N(CCCN2CCOCC2)c2nc3ccc(Br)cc3s2)cc1.Cl. The average molecular weight is 543 g/mol. The Bertz CT molecular complexity index is 1010. The second-order valence-corrected chi connectivity index (χ2v) is 9.91. The van der Waals surface area contributed by atoms with E-state index in [4.69, 9.17) is 9.72 Å². The van der Waals surface area contributed by atoms with E-state index in [0.717, 1.165) is 64.0 Å². The predicted molar refractivity (Wildman–Crippen MR) is 136 cm³/mol. The lowest BCUT2D eigenvalue weighted by atomic mass is 10.2. The molecule has 1 aliphatic rings. The maximum atomic E-state index is 13.4. The Hall–Kier alpha value is -1.16. The highest BCUT2D eigenvalue weighted by Crippen LogP contribution is 2.32. The number of fused-ring (bicyclic) bond motifs is 1. The Morgan fingerprint density at radius 3 is 2.68 bits per heavy atom. The molecule has 9 heteroatoms. The van der Waals surface area contributed by atoms with E-state index in [1.165, 1.54) is 0 Å². The van der Waals surface area contributed by atoms with Crippen LogP contribution in [0.15, 0.2) is 51.8 Å². The van der Waals surface area contributed by atoms with Crippen molar-refractivity contribution in [1.29, 1.82) is 0 Å². The standard InChI is InChI=1S/C22H24BrN3O2S2.ClH/c1-29-18-6-3-16(4-7-18)21(27)26(10-2-9-25-11-13-28-14-12-25)22-24-19-8-5-17(23)15-20(19)30-22;/h3-8,15H,2,9-14H2,1H3;1H. The van der Waals surface area contributed by atoms with Gasteiger partial charge in [-0.15, -0.1) is 24.2 Å². The minimum absolute atomic E-state index is 0. The van der Waals surface area contributed by atoms with Gasteiger partial charge in [-0.1, -0.05) is 27.3 Å². The van der Waals surface area contributed by atoms with E-state index < -0.39 is 0 Å². The second kappa shape index (κ2) is 11.6. The molecule has 0 radical (unpaired) electrons.